The summed E-state index contributed by atoms with van der Waals surface area (Å²) >= 11 is 0. The van der Waals surface area contributed by atoms with Crippen LogP contribution in [0.3, 0.4) is 0 Å². The van der Waals surface area contributed by atoms with E-state index in [0.717, 1.165) is 41.2 Å². The van der Waals surface area contributed by atoms with Crippen molar-refractivity contribution < 1.29 is 4.79 Å². The molecular formula is C28H37N5O. The van der Waals surface area contributed by atoms with Gasteiger partial charge in [-0.3, -0.25) is 14.8 Å². The van der Waals surface area contributed by atoms with Gasteiger partial charge in [0.15, 0.2) is 0 Å². The molecule has 0 saturated carbocycles. The minimum atomic E-state index is -0.196. The number of aryl methyl sites for hydroxylation is 3. The zero-order valence-corrected chi connectivity index (χ0v) is 21.5. The number of benzene rings is 2. The van der Waals surface area contributed by atoms with Gasteiger partial charge in [-0.15, -0.1) is 0 Å². The SMILES string of the molecule is CCc1ccccc1NC(=NCc1c(C)nn(CC)c1C)NC(=O)c1ccc(C(C)(C)C)cc1. The summed E-state index contributed by atoms with van der Waals surface area (Å²) in [6.45, 7) is 16.0. The van der Waals surface area contributed by atoms with Crippen molar-refractivity contribution in [2.45, 2.75) is 73.4 Å². The van der Waals surface area contributed by atoms with Crippen LogP contribution in [-0.2, 0) is 24.9 Å². The first-order valence-corrected chi connectivity index (χ1v) is 12.0. The first-order valence-electron chi connectivity index (χ1n) is 12.0. The van der Waals surface area contributed by atoms with Gasteiger partial charge >= 0.3 is 0 Å². The van der Waals surface area contributed by atoms with Gasteiger partial charge in [-0.2, -0.15) is 5.10 Å². The molecular weight excluding hydrogens is 422 g/mol. The van der Waals surface area contributed by atoms with Gasteiger partial charge in [0, 0.05) is 29.1 Å². The first-order chi connectivity index (χ1) is 16.1. The maximum absolute atomic E-state index is 13.1. The minimum absolute atomic E-state index is 0.0334. The minimum Gasteiger partial charge on any atom is -0.326 e. The lowest BCUT2D eigenvalue weighted by atomic mass is 9.87. The highest BCUT2D eigenvalue weighted by Gasteiger charge is 2.16. The average Bonchev–Trinajstić information content (AvgIpc) is 3.09. The Bertz CT molecular complexity index is 1170. The van der Waals surface area contributed by atoms with Crippen molar-refractivity contribution in [3.05, 3.63) is 82.2 Å². The zero-order chi connectivity index (χ0) is 24.9. The van der Waals surface area contributed by atoms with E-state index in [1.54, 1.807) is 0 Å². The van der Waals surface area contributed by atoms with Crippen LogP contribution in [0, 0.1) is 13.8 Å². The summed E-state index contributed by atoms with van der Waals surface area (Å²) < 4.78 is 1.98. The Hall–Kier alpha value is -3.41. The van der Waals surface area contributed by atoms with E-state index in [2.05, 4.69) is 63.3 Å². The van der Waals surface area contributed by atoms with Gasteiger partial charge in [0.2, 0.25) is 5.96 Å². The van der Waals surface area contributed by atoms with Crippen LogP contribution in [0.25, 0.3) is 0 Å². The molecule has 0 spiro atoms. The number of aliphatic imine (C=N–C) groups is 1. The fourth-order valence-electron chi connectivity index (χ4n) is 3.92. The van der Waals surface area contributed by atoms with Crippen molar-refractivity contribution in [2.75, 3.05) is 5.32 Å². The molecule has 1 aromatic heterocycles. The molecule has 180 valence electrons. The van der Waals surface area contributed by atoms with E-state index in [1.165, 1.54) is 5.56 Å². The molecule has 2 aromatic carbocycles. The van der Waals surface area contributed by atoms with Gasteiger partial charge in [-0.1, -0.05) is 58.0 Å². The number of nitrogens with zero attached hydrogens (tertiary/aromatic N) is 3. The molecule has 0 atom stereocenters. The number of amides is 1. The third kappa shape index (κ3) is 5.93. The van der Waals surface area contributed by atoms with Crippen molar-refractivity contribution in [2.24, 2.45) is 4.99 Å². The number of rotatable bonds is 6. The number of nitrogens with one attached hydrogen (secondary N) is 2. The van der Waals surface area contributed by atoms with Crippen molar-refractivity contribution >= 4 is 17.6 Å². The molecule has 1 heterocycles. The number of hydrogen-bond donors (Lipinski definition) is 2. The van der Waals surface area contributed by atoms with Crippen LogP contribution in [0.15, 0.2) is 53.5 Å². The highest BCUT2D eigenvalue weighted by molar-refractivity contribution is 6.10. The molecule has 0 saturated heterocycles. The third-order valence-corrected chi connectivity index (χ3v) is 6.12. The van der Waals surface area contributed by atoms with E-state index in [9.17, 15) is 4.79 Å². The van der Waals surface area contributed by atoms with Crippen molar-refractivity contribution in [1.29, 1.82) is 0 Å². The maximum atomic E-state index is 13.1. The monoisotopic (exact) mass is 459 g/mol. The smallest absolute Gasteiger partial charge is 0.257 e. The molecule has 0 aliphatic carbocycles. The maximum Gasteiger partial charge on any atom is 0.257 e. The molecule has 0 bridgehead atoms. The summed E-state index contributed by atoms with van der Waals surface area (Å²) in [4.78, 5) is 17.9. The number of hydrogen-bond acceptors (Lipinski definition) is 3. The molecule has 3 aromatic rings. The van der Waals surface area contributed by atoms with Gasteiger partial charge in [0.05, 0.1) is 12.2 Å². The Labute approximate surface area is 203 Å². The van der Waals surface area contributed by atoms with E-state index >= 15 is 0 Å². The van der Waals surface area contributed by atoms with Crippen LogP contribution in [-0.4, -0.2) is 21.6 Å². The van der Waals surface area contributed by atoms with Crippen molar-refractivity contribution in [1.82, 2.24) is 15.1 Å². The Balaban J connectivity index is 1.89. The van der Waals surface area contributed by atoms with Crippen LogP contribution in [0.2, 0.25) is 0 Å². The number of anilines is 1. The van der Waals surface area contributed by atoms with Crippen LogP contribution in [0.1, 0.15) is 73.1 Å². The molecule has 0 fully saturated rings. The standard InChI is InChI=1S/C28H37N5O/c1-8-21-12-10-11-13-25(21)30-27(29-18-24-19(3)32-33(9-2)20(24)4)31-26(34)22-14-16-23(17-15-22)28(5,6)7/h10-17H,8-9,18H2,1-7H3,(H2,29,30,31,34). The Morgan fingerprint density at radius 2 is 1.71 bits per heavy atom. The summed E-state index contributed by atoms with van der Waals surface area (Å²) in [5, 5.41) is 10.9. The normalized spacial score (nSPS) is 12.0. The highest BCUT2D eigenvalue weighted by atomic mass is 16.1. The predicted molar refractivity (Wildman–Crippen MR) is 141 cm³/mol. The summed E-state index contributed by atoms with van der Waals surface area (Å²) in [5.41, 5.74) is 7.04. The lowest BCUT2D eigenvalue weighted by Gasteiger charge is -2.19. The number of aromatic nitrogens is 2. The fourth-order valence-corrected chi connectivity index (χ4v) is 3.92. The number of para-hydroxylation sites is 1. The molecule has 2 N–H and O–H groups in total. The van der Waals surface area contributed by atoms with Crippen LogP contribution in [0.4, 0.5) is 5.69 Å². The summed E-state index contributed by atoms with van der Waals surface area (Å²) in [6, 6.07) is 15.8. The molecule has 34 heavy (non-hydrogen) atoms. The van der Waals surface area contributed by atoms with Gasteiger partial charge in [0.1, 0.15) is 0 Å². The lowest BCUT2D eigenvalue weighted by Crippen LogP contribution is -2.36. The van der Waals surface area contributed by atoms with Crippen LogP contribution in [0.5, 0.6) is 0 Å². The Kier molecular flexibility index (Phi) is 7.92. The summed E-state index contributed by atoms with van der Waals surface area (Å²) in [5.74, 6) is 0.229. The first kappa shape index (κ1) is 25.2. The third-order valence-electron chi connectivity index (χ3n) is 6.12. The predicted octanol–water partition coefficient (Wildman–Crippen LogP) is 5.78. The van der Waals surface area contributed by atoms with E-state index in [1.807, 2.05) is 54.1 Å². The fraction of sp³-hybridized carbons (Fsp3) is 0.393. The molecule has 6 heteroatoms. The highest BCUT2D eigenvalue weighted by Crippen LogP contribution is 2.22. The van der Waals surface area contributed by atoms with Crippen LogP contribution >= 0.6 is 0 Å². The summed E-state index contributed by atoms with van der Waals surface area (Å²) in [7, 11) is 0. The molecule has 1 amide bonds. The van der Waals surface area contributed by atoms with Crippen molar-refractivity contribution in [3.63, 3.8) is 0 Å². The molecule has 3 rings (SSSR count). The van der Waals surface area contributed by atoms with Crippen molar-refractivity contribution in [3.8, 4) is 0 Å². The van der Waals surface area contributed by atoms with Gasteiger partial charge in [-0.25, -0.2) is 4.99 Å². The zero-order valence-electron chi connectivity index (χ0n) is 21.5. The summed E-state index contributed by atoms with van der Waals surface area (Å²) in [6.07, 6.45) is 0.875. The lowest BCUT2D eigenvalue weighted by molar-refractivity contribution is 0.0977. The molecule has 6 nitrogen and oxygen atoms in total. The average molecular weight is 460 g/mol. The second kappa shape index (κ2) is 10.7. The van der Waals surface area contributed by atoms with Gasteiger partial charge in [-0.05, 0) is 61.9 Å². The number of carbonyl (C=O) groups excluding carboxylic acids is 1. The number of carbonyl (C=O) groups is 1. The van der Waals surface area contributed by atoms with Crippen LogP contribution < -0.4 is 10.6 Å². The topological polar surface area (TPSA) is 71.3 Å². The largest absolute Gasteiger partial charge is 0.326 e. The van der Waals surface area contributed by atoms with E-state index < -0.39 is 0 Å². The number of guanidine groups is 1. The Morgan fingerprint density at radius 3 is 2.29 bits per heavy atom. The van der Waals surface area contributed by atoms with E-state index in [-0.39, 0.29) is 11.3 Å². The van der Waals surface area contributed by atoms with Gasteiger partial charge < -0.3 is 5.32 Å². The quantitative estimate of drug-likeness (QED) is 0.363. The van der Waals surface area contributed by atoms with E-state index in [0.29, 0.717) is 18.1 Å². The second-order valence-corrected chi connectivity index (χ2v) is 9.55. The van der Waals surface area contributed by atoms with E-state index in [4.69, 9.17) is 4.99 Å². The Morgan fingerprint density at radius 1 is 1.03 bits per heavy atom. The molecule has 0 aliphatic heterocycles. The van der Waals surface area contributed by atoms with Gasteiger partial charge in [0.25, 0.3) is 5.91 Å². The molecule has 0 unspecified atom stereocenters. The molecule has 0 aliphatic rings. The molecule has 0 radical (unpaired) electrons. The second-order valence-electron chi connectivity index (χ2n) is 9.55.